The number of carbonyl (C=O) groups excluding carboxylic acids is 1. The van der Waals surface area contributed by atoms with E-state index >= 15 is 0 Å². The minimum Gasteiger partial charge on any atom is -0.444 e. The number of hydrogen-bond acceptors (Lipinski definition) is 5. The van der Waals surface area contributed by atoms with Crippen LogP contribution in [0, 0.1) is 11.8 Å². The van der Waals surface area contributed by atoms with Crippen molar-refractivity contribution in [1.82, 2.24) is 10.3 Å². The maximum absolute atomic E-state index is 11.4. The SMILES string of the molecule is CC(C)(C)OC(=O)NCCC#Cc1ccc(NN)nc1. The average Bonchev–Trinajstić information content (AvgIpc) is 2.37. The highest BCUT2D eigenvalue weighted by molar-refractivity contribution is 5.67. The van der Waals surface area contributed by atoms with Gasteiger partial charge in [-0.2, -0.15) is 0 Å². The molecule has 1 aromatic rings. The highest BCUT2D eigenvalue weighted by Crippen LogP contribution is 2.06. The molecule has 1 rings (SSSR count). The molecule has 0 saturated carbocycles. The van der Waals surface area contributed by atoms with Gasteiger partial charge in [0.15, 0.2) is 0 Å². The molecule has 0 aliphatic rings. The van der Waals surface area contributed by atoms with Crippen LogP contribution in [0.3, 0.4) is 0 Å². The molecule has 20 heavy (non-hydrogen) atoms. The number of alkyl carbamates (subject to hydrolysis) is 1. The molecule has 0 bridgehead atoms. The lowest BCUT2D eigenvalue weighted by molar-refractivity contribution is 0.0529. The average molecular weight is 276 g/mol. The molecular weight excluding hydrogens is 256 g/mol. The van der Waals surface area contributed by atoms with Crippen molar-refractivity contribution < 1.29 is 9.53 Å². The molecule has 0 unspecified atom stereocenters. The molecule has 0 aliphatic carbocycles. The van der Waals surface area contributed by atoms with E-state index in [1.807, 2.05) is 26.8 Å². The molecule has 0 saturated heterocycles. The van der Waals surface area contributed by atoms with Gasteiger partial charge in [0.05, 0.1) is 0 Å². The fourth-order valence-corrected chi connectivity index (χ4v) is 1.26. The van der Waals surface area contributed by atoms with Crippen LogP contribution < -0.4 is 16.6 Å². The van der Waals surface area contributed by atoms with Crippen LogP contribution in [-0.2, 0) is 4.74 Å². The molecular formula is C14H20N4O2. The molecule has 1 aromatic heterocycles. The summed E-state index contributed by atoms with van der Waals surface area (Å²) in [4.78, 5) is 15.4. The monoisotopic (exact) mass is 276 g/mol. The fourth-order valence-electron chi connectivity index (χ4n) is 1.26. The first kappa shape index (κ1) is 15.8. The smallest absolute Gasteiger partial charge is 0.407 e. The number of nitrogens with one attached hydrogen (secondary N) is 2. The summed E-state index contributed by atoms with van der Waals surface area (Å²) in [6.45, 7) is 5.90. The molecule has 0 radical (unpaired) electrons. The van der Waals surface area contributed by atoms with Crippen molar-refractivity contribution in [3.8, 4) is 11.8 Å². The fraction of sp³-hybridized carbons (Fsp3) is 0.429. The van der Waals surface area contributed by atoms with Crippen LogP contribution in [0.1, 0.15) is 32.8 Å². The summed E-state index contributed by atoms with van der Waals surface area (Å²) in [5.41, 5.74) is 2.75. The normalized spacial score (nSPS) is 10.2. The third kappa shape index (κ3) is 6.61. The Kier molecular flexibility index (Phi) is 5.81. The van der Waals surface area contributed by atoms with Crippen LogP contribution in [0.4, 0.5) is 10.6 Å². The first-order chi connectivity index (χ1) is 9.40. The number of pyridine rings is 1. The number of hydrazine groups is 1. The second kappa shape index (κ2) is 7.36. The molecule has 0 aromatic carbocycles. The topological polar surface area (TPSA) is 89.3 Å². The molecule has 6 heteroatoms. The van der Waals surface area contributed by atoms with E-state index in [0.29, 0.717) is 18.8 Å². The minimum absolute atomic E-state index is 0.431. The summed E-state index contributed by atoms with van der Waals surface area (Å²) in [6, 6.07) is 3.56. The summed E-state index contributed by atoms with van der Waals surface area (Å²) < 4.78 is 5.10. The number of carbonyl (C=O) groups is 1. The lowest BCUT2D eigenvalue weighted by Crippen LogP contribution is -2.32. The standard InChI is InChI=1S/C14H20N4O2/c1-14(2,3)20-13(19)16-9-5-4-6-11-7-8-12(18-15)17-10-11/h7-8,10H,5,9,15H2,1-3H3,(H,16,19)(H,17,18). The summed E-state index contributed by atoms with van der Waals surface area (Å²) >= 11 is 0. The van der Waals surface area contributed by atoms with Crippen molar-refractivity contribution in [3.05, 3.63) is 23.9 Å². The molecule has 4 N–H and O–H groups in total. The van der Waals surface area contributed by atoms with Crippen molar-refractivity contribution in [1.29, 1.82) is 0 Å². The first-order valence-corrected chi connectivity index (χ1v) is 6.29. The highest BCUT2D eigenvalue weighted by Gasteiger charge is 2.15. The van der Waals surface area contributed by atoms with Crippen molar-refractivity contribution in [3.63, 3.8) is 0 Å². The van der Waals surface area contributed by atoms with Gasteiger partial charge in [-0.05, 0) is 32.9 Å². The Morgan fingerprint density at radius 1 is 1.45 bits per heavy atom. The van der Waals surface area contributed by atoms with Crippen LogP contribution in [0.15, 0.2) is 18.3 Å². The van der Waals surface area contributed by atoms with Gasteiger partial charge < -0.3 is 15.5 Å². The second-order valence-corrected chi connectivity index (χ2v) is 5.06. The largest absolute Gasteiger partial charge is 0.444 e. The van der Waals surface area contributed by atoms with Crippen LogP contribution in [-0.4, -0.2) is 23.2 Å². The van der Waals surface area contributed by atoms with Crippen LogP contribution >= 0.6 is 0 Å². The maximum Gasteiger partial charge on any atom is 0.407 e. The highest BCUT2D eigenvalue weighted by atomic mass is 16.6. The number of anilines is 1. The number of ether oxygens (including phenoxy) is 1. The minimum atomic E-state index is -0.486. The zero-order chi connectivity index (χ0) is 15.0. The van der Waals surface area contributed by atoms with Gasteiger partial charge in [0.1, 0.15) is 11.4 Å². The van der Waals surface area contributed by atoms with Crippen molar-refractivity contribution in [2.75, 3.05) is 12.0 Å². The van der Waals surface area contributed by atoms with E-state index in [-0.39, 0.29) is 0 Å². The number of aromatic nitrogens is 1. The molecule has 0 aliphatic heterocycles. The zero-order valence-electron chi connectivity index (χ0n) is 12.0. The van der Waals surface area contributed by atoms with Gasteiger partial charge in [-0.3, -0.25) is 0 Å². The lowest BCUT2D eigenvalue weighted by Gasteiger charge is -2.19. The number of hydrogen-bond donors (Lipinski definition) is 3. The third-order valence-electron chi connectivity index (χ3n) is 2.06. The number of amides is 1. The Morgan fingerprint density at radius 2 is 2.20 bits per heavy atom. The summed E-state index contributed by atoms with van der Waals surface area (Å²) in [7, 11) is 0. The van der Waals surface area contributed by atoms with Gasteiger partial charge in [0.25, 0.3) is 0 Å². The number of nitrogens with two attached hydrogens (primary N) is 1. The van der Waals surface area contributed by atoms with Crippen molar-refractivity contribution in [2.24, 2.45) is 5.84 Å². The van der Waals surface area contributed by atoms with Crippen LogP contribution in [0.5, 0.6) is 0 Å². The molecule has 0 atom stereocenters. The van der Waals surface area contributed by atoms with Crippen molar-refractivity contribution in [2.45, 2.75) is 32.8 Å². The van der Waals surface area contributed by atoms with Gasteiger partial charge in [-0.1, -0.05) is 11.8 Å². The summed E-state index contributed by atoms with van der Waals surface area (Å²) in [6.07, 6.45) is 1.74. The quantitative estimate of drug-likeness (QED) is 0.338. The van der Waals surface area contributed by atoms with Crippen LogP contribution in [0.2, 0.25) is 0 Å². The predicted molar refractivity (Wildman–Crippen MR) is 77.8 cm³/mol. The van der Waals surface area contributed by atoms with Crippen LogP contribution in [0.25, 0.3) is 0 Å². The molecule has 0 spiro atoms. The van der Waals surface area contributed by atoms with E-state index in [1.165, 1.54) is 0 Å². The lowest BCUT2D eigenvalue weighted by atomic mass is 10.2. The van der Waals surface area contributed by atoms with E-state index in [0.717, 1.165) is 5.56 Å². The molecule has 108 valence electrons. The predicted octanol–water partition coefficient (Wildman–Crippen LogP) is 1.63. The second-order valence-electron chi connectivity index (χ2n) is 5.06. The molecule has 6 nitrogen and oxygen atoms in total. The van der Waals surface area contributed by atoms with Gasteiger partial charge in [0.2, 0.25) is 0 Å². The number of nitrogens with zero attached hydrogens (tertiary/aromatic N) is 1. The first-order valence-electron chi connectivity index (χ1n) is 6.29. The van der Waals surface area contributed by atoms with E-state index in [9.17, 15) is 4.79 Å². The number of rotatable bonds is 3. The van der Waals surface area contributed by atoms with E-state index in [1.54, 1.807) is 12.3 Å². The van der Waals surface area contributed by atoms with Gasteiger partial charge in [-0.25, -0.2) is 15.6 Å². The number of nitrogen functional groups attached to an aromatic ring is 1. The van der Waals surface area contributed by atoms with Gasteiger partial charge >= 0.3 is 6.09 Å². The van der Waals surface area contributed by atoms with Gasteiger partial charge in [-0.15, -0.1) is 0 Å². The Balaban J connectivity index is 2.30. The van der Waals surface area contributed by atoms with Gasteiger partial charge in [0, 0.05) is 24.7 Å². The molecule has 0 fully saturated rings. The molecule has 1 heterocycles. The Hall–Kier alpha value is -2.26. The van der Waals surface area contributed by atoms with E-state index in [2.05, 4.69) is 27.6 Å². The summed E-state index contributed by atoms with van der Waals surface area (Å²) in [5, 5.41) is 2.64. The Morgan fingerprint density at radius 3 is 2.75 bits per heavy atom. The Bertz CT molecular complexity index is 495. The molecule has 1 amide bonds. The van der Waals surface area contributed by atoms with E-state index in [4.69, 9.17) is 10.6 Å². The summed E-state index contributed by atoms with van der Waals surface area (Å²) in [5.74, 6) is 11.7. The van der Waals surface area contributed by atoms with E-state index < -0.39 is 11.7 Å². The Labute approximate surface area is 119 Å². The van der Waals surface area contributed by atoms with Crippen molar-refractivity contribution >= 4 is 11.9 Å². The maximum atomic E-state index is 11.4. The third-order valence-corrected chi connectivity index (χ3v) is 2.06. The zero-order valence-corrected chi connectivity index (χ0v) is 12.0.